The molecule has 0 spiro atoms. The van der Waals surface area contributed by atoms with Crippen LogP contribution in [0.4, 0.5) is 0 Å². The summed E-state index contributed by atoms with van der Waals surface area (Å²) in [7, 11) is 1.56. The van der Waals surface area contributed by atoms with Gasteiger partial charge in [-0.2, -0.15) is 4.98 Å². The van der Waals surface area contributed by atoms with Gasteiger partial charge >= 0.3 is 0 Å². The number of halogens is 1. The zero-order valence-corrected chi connectivity index (χ0v) is 17.4. The minimum Gasteiger partial charge on any atom is -0.495 e. The number of aliphatic hydroxyl groups is 1. The molecule has 0 saturated carbocycles. The average molecular weight is 434 g/mol. The van der Waals surface area contributed by atoms with Gasteiger partial charge < -0.3 is 14.6 Å². The van der Waals surface area contributed by atoms with Gasteiger partial charge in [-0.15, -0.1) is 0 Å². The van der Waals surface area contributed by atoms with E-state index in [0.29, 0.717) is 27.3 Å². The molecule has 3 aromatic rings. The number of aromatic nitrogens is 4. The number of nitrogens with zero attached hydrogens (tertiary/aromatic N) is 4. The van der Waals surface area contributed by atoms with Gasteiger partial charge in [0.1, 0.15) is 24.4 Å². The maximum absolute atomic E-state index is 10.6. The van der Waals surface area contributed by atoms with E-state index in [1.165, 1.54) is 11.8 Å². The molecule has 2 heterocycles. The van der Waals surface area contributed by atoms with Crippen LogP contribution in [0.15, 0.2) is 48.0 Å². The Labute approximate surface area is 177 Å². The van der Waals surface area contributed by atoms with Crippen molar-refractivity contribution in [1.82, 2.24) is 25.3 Å². The van der Waals surface area contributed by atoms with E-state index in [4.69, 9.17) is 21.1 Å². The monoisotopic (exact) mass is 433 g/mol. The highest BCUT2D eigenvalue weighted by Gasteiger charge is 2.17. The van der Waals surface area contributed by atoms with Crippen LogP contribution in [0, 0.1) is 0 Å². The Kier molecular flexibility index (Phi) is 7.59. The Morgan fingerprint density at radius 3 is 2.72 bits per heavy atom. The second-order valence-electron chi connectivity index (χ2n) is 5.82. The summed E-state index contributed by atoms with van der Waals surface area (Å²) in [5, 5.41) is 14.5. The van der Waals surface area contributed by atoms with Crippen molar-refractivity contribution in [3.63, 3.8) is 0 Å². The molecule has 0 aliphatic rings. The average Bonchev–Trinajstić information content (AvgIpc) is 2.76. The summed E-state index contributed by atoms with van der Waals surface area (Å²) < 4.78 is 11.0. The molecule has 1 aromatic carbocycles. The molecular formula is C19H20ClN5O3S. The number of hydrogen-bond donors (Lipinski definition) is 2. The number of methoxy groups -OCH3 is 1. The summed E-state index contributed by atoms with van der Waals surface area (Å²) in [5.74, 6) is 1.43. The molecular weight excluding hydrogens is 414 g/mol. The molecule has 0 aliphatic heterocycles. The lowest BCUT2D eigenvalue weighted by Gasteiger charge is -2.16. The van der Waals surface area contributed by atoms with Gasteiger partial charge in [0.05, 0.1) is 24.2 Å². The van der Waals surface area contributed by atoms with Crippen molar-refractivity contribution in [2.24, 2.45) is 0 Å². The van der Waals surface area contributed by atoms with E-state index >= 15 is 0 Å². The molecule has 3 rings (SSSR count). The highest BCUT2D eigenvalue weighted by Crippen LogP contribution is 2.27. The first-order valence-corrected chi connectivity index (χ1v) is 10.2. The van der Waals surface area contributed by atoms with Crippen molar-refractivity contribution >= 4 is 23.4 Å². The van der Waals surface area contributed by atoms with Gasteiger partial charge in [-0.3, -0.25) is 5.32 Å². The molecule has 0 aliphatic carbocycles. The number of aliphatic hydroxyl groups excluding tert-OH is 1. The number of hydrogen-bond acceptors (Lipinski definition) is 9. The molecule has 152 valence electrons. The molecule has 2 aromatic heterocycles. The number of ether oxygens (including phenoxy) is 2. The van der Waals surface area contributed by atoms with E-state index in [-0.39, 0.29) is 19.0 Å². The van der Waals surface area contributed by atoms with Gasteiger partial charge in [0.25, 0.3) is 0 Å². The second-order valence-corrected chi connectivity index (χ2v) is 7.00. The van der Waals surface area contributed by atoms with Gasteiger partial charge in [0.15, 0.2) is 5.16 Å². The predicted octanol–water partition coefficient (Wildman–Crippen LogP) is 3.01. The molecule has 0 radical (unpaired) electrons. The number of thioether (sulfide) groups is 1. The summed E-state index contributed by atoms with van der Waals surface area (Å²) in [4.78, 5) is 16.8. The molecule has 8 nitrogen and oxygen atoms in total. The lowest BCUT2D eigenvalue weighted by Crippen LogP contribution is -2.23. The smallest absolute Gasteiger partial charge is 0.225 e. The van der Waals surface area contributed by atoms with E-state index in [1.54, 1.807) is 43.9 Å². The van der Waals surface area contributed by atoms with E-state index in [2.05, 4.69) is 25.3 Å². The van der Waals surface area contributed by atoms with Gasteiger partial charge in [0.2, 0.25) is 5.88 Å². The van der Waals surface area contributed by atoms with Crippen LogP contribution >= 0.6 is 23.4 Å². The third-order valence-corrected chi connectivity index (χ3v) is 4.76. The molecule has 29 heavy (non-hydrogen) atoms. The second kappa shape index (κ2) is 10.4. The van der Waals surface area contributed by atoms with Crippen molar-refractivity contribution < 1.29 is 14.6 Å². The molecule has 2 N–H and O–H groups in total. The molecule has 0 bridgehead atoms. The number of rotatable bonds is 9. The third-order valence-electron chi connectivity index (χ3n) is 3.90. The quantitative estimate of drug-likeness (QED) is 0.299. The standard InChI is InChI=1S/C19H20ClN5O3S/c1-27-15-5-4-12(8-14(15)20)11-28-18-13(9-24-19(25-18)29-2)17(26)23-10-16-21-6-3-7-22-16/h3-9,17,23,26H,10-11H2,1-2H3. The van der Waals surface area contributed by atoms with Crippen molar-refractivity contribution in [2.45, 2.75) is 24.5 Å². The first-order valence-electron chi connectivity index (χ1n) is 8.64. The SMILES string of the molecule is COc1ccc(COc2nc(SC)ncc2C(O)NCc2ncccn2)cc1Cl. The van der Waals surface area contributed by atoms with Gasteiger partial charge in [0, 0.05) is 18.6 Å². The first kappa shape index (κ1) is 21.3. The van der Waals surface area contributed by atoms with Crippen LogP contribution in [-0.2, 0) is 13.2 Å². The Hall–Kier alpha value is -2.46. The lowest BCUT2D eigenvalue weighted by atomic mass is 10.2. The van der Waals surface area contributed by atoms with E-state index in [1.807, 2.05) is 12.3 Å². The predicted molar refractivity (Wildman–Crippen MR) is 110 cm³/mol. The minimum atomic E-state index is -1.05. The maximum Gasteiger partial charge on any atom is 0.225 e. The van der Waals surface area contributed by atoms with Crippen molar-refractivity contribution in [3.05, 3.63) is 64.8 Å². The van der Waals surface area contributed by atoms with Crippen LogP contribution in [0.3, 0.4) is 0 Å². The Morgan fingerprint density at radius 1 is 1.24 bits per heavy atom. The fourth-order valence-electron chi connectivity index (χ4n) is 2.43. The highest BCUT2D eigenvalue weighted by molar-refractivity contribution is 7.98. The van der Waals surface area contributed by atoms with E-state index in [9.17, 15) is 5.11 Å². The van der Waals surface area contributed by atoms with Crippen LogP contribution in [0.1, 0.15) is 23.2 Å². The van der Waals surface area contributed by atoms with Crippen LogP contribution in [0.25, 0.3) is 0 Å². The van der Waals surface area contributed by atoms with Crippen LogP contribution < -0.4 is 14.8 Å². The third kappa shape index (κ3) is 5.77. The van der Waals surface area contributed by atoms with Crippen molar-refractivity contribution in [1.29, 1.82) is 0 Å². The topological polar surface area (TPSA) is 102 Å². The van der Waals surface area contributed by atoms with Crippen molar-refractivity contribution in [2.75, 3.05) is 13.4 Å². The lowest BCUT2D eigenvalue weighted by molar-refractivity contribution is 0.128. The van der Waals surface area contributed by atoms with Crippen LogP contribution in [-0.4, -0.2) is 38.4 Å². The van der Waals surface area contributed by atoms with Crippen LogP contribution in [0.2, 0.25) is 5.02 Å². The molecule has 10 heteroatoms. The maximum atomic E-state index is 10.6. The van der Waals surface area contributed by atoms with Gasteiger partial charge in [-0.1, -0.05) is 29.4 Å². The normalized spacial score (nSPS) is 11.9. The zero-order valence-electron chi connectivity index (χ0n) is 15.9. The van der Waals surface area contributed by atoms with E-state index < -0.39 is 6.23 Å². The Bertz CT molecular complexity index is 948. The Balaban J connectivity index is 1.73. The van der Waals surface area contributed by atoms with E-state index in [0.717, 1.165) is 5.56 Å². The largest absolute Gasteiger partial charge is 0.495 e. The highest BCUT2D eigenvalue weighted by atomic mass is 35.5. The first-order chi connectivity index (χ1) is 14.1. The van der Waals surface area contributed by atoms with Crippen LogP contribution in [0.5, 0.6) is 11.6 Å². The summed E-state index contributed by atoms with van der Waals surface area (Å²) >= 11 is 7.55. The molecule has 0 fully saturated rings. The minimum absolute atomic E-state index is 0.218. The molecule has 0 amide bonds. The Morgan fingerprint density at radius 2 is 2.03 bits per heavy atom. The fourth-order valence-corrected chi connectivity index (χ4v) is 3.04. The van der Waals surface area contributed by atoms with Gasteiger partial charge in [-0.25, -0.2) is 15.0 Å². The molecule has 1 unspecified atom stereocenters. The summed E-state index contributed by atoms with van der Waals surface area (Å²) in [6.07, 6.45) is 5.63. The summed E-state index contributed by atoms with van der Waals surface area (Å²) in [6.45, 7) is 0.496. The van der Waals surface area contributed by atoms with Gasteiger partial charge in [-0.05, 0) is 30.0 Å². The molecule has 1 atom stereocenters. The number of nitrogens with one attached hydrogen (secondary N) is 1. The zero-order chi connectivity index (χ0) is 20.6. The van der Waals surface area contributed by atoms with Crippen molar-refractivity contribution in [3.8, 4) is 11.6 Å². The summed E-state index contributed by atoms with van der Waals surface area (Å²) in [5.41, 5.74) is 1.25. The number of benzene rings is 1. The molecule has 0 saturated heterocycles. The fraction of sp³-hybridized carbons (Fsp3) is 0.263. The summed E-state index contributed by atoms with van der Waals surface area (Å²) in [6, 6.07) is 7.11.